The van der Waals surface area contributed by atoms with Gasteiger partial charge in [0.1, 0.15) is 6.04 Å². The van der Waals surface area contributed by atoms with Crippen molar-refractivity contribution in [2.75, 3.05) is 19.6 Å². The van der Waals surface area contributed by atoms with E-state index >= 15 is 0 Å². The molecule has 3 N–H and O–H groups in total. The smallest absolute Gasteiger partial charge is 0.255 e. The minimum Gasteiger partial charge on any atom is -0.322 e. The lowest BCUT2D eigenvalue weighted by Gasteiger charge is -2.29. The second-order valence-corrected chi connectivity index (χ2v) is 6.77. The molecule has 1 saturated heterocycles. The van der Waals surface area contributed by atoms with E-state index in [1.807, 2.05) is 18.2 Å². The van der Waals surface area contributed by atoms with Gasteiger partial charge in [-0.15, -0.1) is 0 Å². The molecule has 2 aliphatic heterocycles. The summed E-state index contributed by atoms with van der Waals surface area (Å²) in [7, 11) is 0. The summed E-state index contributed by atoms with van der Waals surface area (Å²) in [5.41, 5.74) is 2.73. The Kier molecular flexibility index (Phi) is 6.00. The lowest BCUT2D eigenvalue weighted by Crippen LogP contribution is -2.52. The van der Waals surface area contributed by atoms with Crippen molar-refractivity contribution in [1.82, 2.24) is 20.9 Å². The fraction of sp³-hybridized carbons (Fsp3) is 0.526. The predicted molar refractivity (Wildman–Crippen MR) is 97.4 cm³/mol. The van der Waals surface area contributed by atoms with E-state index in [0.717, 1.165) is 37.2 Å². The highest BCUT2D eigenvalue weighted by Crippen LogP contribution is 2.29. The number of benzene rings is 1. The minimum atomic E-state index is -0.563. The lowest BCUT2D eigenvalue weighted by atomic mass is 10.0. The molecule has 26 heavy (non-hydrogen) atoms. The van der Waals surface area contributed by atoms with E-state index in [2.05, 4.69) is 22.9 Å². The number of carbonyl (C=O) groups is 3. The third-order valence-corrected chi connectivity index (χ3v) is 4.90. The molecule has 140 valence electrons. The van der Waals surface area contributed by atoms with Gasteiger partial charge >= 0.3 is 0 Å². The van der Waals surface area contributed by atoms with E-state index in [0.29, 0.717) is 25.1 Å². The largest absolute Gasteiger partial charge is 0.322 e. The summed E-state index contributed by atoms with van der Waals surface area (Å²) in [6.07, 6.45) is 1.78. The van der Waals surface area contributed by atoms with E-state index in [1.54, 1.807) is 4.90 Å². The van der Waals surface area contributed by atoms with E-state index in [4.69, 9.17) is 0 Å². The van der Waals surface area contributed by atoms with Gasteiger partial charge in [0.15, 0.2) is 0 Å². The molecule has 2 heterocycles. The highest BCUT2D eigenvalue weighted by Gasteiger charge is 2.39. The predicted octanol–water partition coefficient (Wildman–Crippen LogP) is 0.537. The summed E-state index contributed by atoms with van der Waals surface area (Å²) >= 11 is 0. The fourth-order valence-electron chi connectivity index (χ4n) is 3.52. The van der Waals surface area contributed by atoms with Gasteiger partial charge in [0, 0.05) is 38.2 Å². The summed E-state index contributed by atoms with van der Waals surface area (Å²) in [6.45, 7) is 6.02. The second kappa shape index (κ2) is 8.42. The van der Waals surface area contributed by atoms with Crippen LogP contribution < -0.4 is 16.0 Å². The molecule has 3 rings (SSSR count). The highest BCUT2D eigenvalue weighted by molar-refractivity contribution is 6.05. The van der Waals surface area contributed by atoms with Crippen molar-refractivity contribution in [3.63, 3.8) is 0 Å². The van der Waals surface area contributed by atoms with Gasteiger partial charge in [0.2, 0.25) is 11.8 Å². The number of amides is 3. The van der Waals surface area contributed by atoms with Crippen LogP contribution in [0.2, 0.25) is 0 Å². The average Bonchev–Trinajstić information content (AvgIpc) is 2.96. The summed E-state index contributed by atoms with van der Waals surface area (Å²) in [5, 5.41) is 9.08. The minimum absolute atomic E-state index is 0.124. The Morgan fingerprint density at radius 2 is 1.96 bits per heavy atom. The van der Waals surface area contributed by atoms with Gasteiger partial charge in [0.05, 0.1) is 0 Å². The molecule has 1 aromatic rings. The van der Waals surface area contributed by atoms with Gasteiger partial charge in [0.25, 0.3) is 5.91 Å². The van der Waals surface area contributed by atoms with Crippen molar-refractivity contribution >= 4 is 17.7 Å². The van der Waals surface area contributed by atoms with Gasteiger partial charge in [-0.1, -0.05) is 19.1 Å². The molecule has 3 amide bonds. The summed E-state index contributed by atoms with van der Waals surface area (Å²) in [5.74, 6) is -0.762. The topological polar surface area (TPSA) is 90.5 Å². The van der Waals surface area contributed by atoms with Gasteiger partial charge < -0.3 is 15.5 Å². The summed E-state index contributed by atoms with van der Waals surface area (Å²) in [6, 6.07) is 5.16. The maximum atomic E-state index is 12.8. The van der Waals surface area contributed by atoms with E-state index in [-0.39, 0.29) is 24.1 Å². The maximum Gasteiger partial charge on any atom is 0.255 e. The zero-order valence-corrected chi connectivity index (χ0v) is 15.1. The monoisotopic (exact) mass is 358 g/mol. The Morgan fingerprint density at radius 1 is 1.15 bits per heavy atom. The molecule has 7 nitrogen and oxygen atoms in total. The van der Waals surface area contributed by atoms with Crippen LogP contribution in [0.3, 0.4) is 0 Å². The van der Waals surface area contributed by atoms with Gasteiger partial charge in [-0.3, -0.25) is 19.7 Å². The Labute approximate surface area is 153 Å². The fourth-order valence-corrected chi connectivity index (χ4v) is 3.52. The van der Waals surface area contributed by atoms with Crippen molar-refractivity contribution in [2.45, 2.75) is 45.3 Å². The first-order valence-corrected chi connectivity index (χ1v) is 9.28. The first-order chi connectivity index (χ1) is 12.6. The molecule has 0 aliphatic carbocycles. The number of hydrogen-bond acceptors (Lipinski definition) is 5. The molecule has 0 saturated carbocycles. The molecule has 1 atom stereocenters. The quantitative estimate of drug-likeness (QED) is 0.466. The third kappa shape index (κ3) is 3.94. The Hall–Kier alpha value is -2.25. The Balaban J connectivity index is 1.64. The molecule has 0 bridgehead atoms. The van der Waals surface area contributed by atoms with Crippen LogP contribution in [-0.2, 0) is 22.7 Å². The molecule has 0 radical (unpaired) electrons. The zero-order chi connectivity index (χ0) is 18.5. The SMILES string of the molecule is CCCNCCNCc1cccc2c1CN(C1CCC(=O)NC1=O)C2=O. The average molecular weight is 358 g/mol. The second-order valence-electron chi connectivity index (χ2n) is 6.77. The van der Waals surface area contributed by atoms with Crippen molar-refractivity contribution in [3.8, 4) is 0 Å². The molecule has 2 aliphatic rings. The van der Waals surface area contributed by atoms with E-state index < -0.39 is 6.04 Å². The van der Waals surface area contributed by atoms with Crippen molar-refractivity contribution in [2.24, 2.45) is 0 Å². The lowest BCUT2D eigenvalue weighted by molar-refractivity contribution is -0.136. The number of carbonyl (C=O) groups excluding carboxylic acids is 3. The maximum absolute atomic E-state index is 12.8. The molecule has 1 aromatic carbocycles. The van der Waals surface area contributed by atoms with Gasteiger partial charge in [-0.05, 0) is 36.6 Å². The van der Waals surface area contributed by atoms with Crippen LogP contribution in [0.15, 0.2) is 18.2 Å². The first kappa shape index (κ1) is 18.5. The number of nitrogens with zero attached hydrogens (tertiary/aromatic N) is 1. The number of rotatable bonds is 8. The molecular weight excluding hydrogens is 332 g/mol. The molecule has 7 heteroatoms. The number of imide groups is 1. The number of nitrogens with one attached hydrogen (secondary N) is 3. The molecule has 1 unspecified atom stereocenters. The van der Waals surface area contributed by atoms with Crippen molar-refractivity contribution < 1.29 is 14.4 Å². The standard InChI is InChI=1S/C19H26N4O3/c1-2-8-20-9-10-21-11-13-4-3-5-14-15(13)12-23(19(14)26)16-6-7-17(24)22-18(16)25/h3-5,16,20-21H,2,6-12H2,1H3,(H,22,24,25). The Bertz CT molecular complexity index is 704. The number of fused-ring (bicyclic) bond motifs is 1. The molecular formula is C19H26N4O3. The van der Waals surface area contributed by atoms with Crippen LogP contribution in [0, 0.1) is 0 Å². The van der Waals surface area contributed by atoms with Gasteiger partial charge in [-0.25, -0.2) is 0 Å². The Morgan fingerprint density at radius 3 is 2.73 bits per heavy atom. The van der Waals surface area contributed by atoms with E-state index in [1.165, 1.54) is 0 Å². The highest BCUT2D eigenvalue weighted by atomic mass is 16.2. The molecule has 0 spiro atoms. The third-order valence-electron chi connectivity index (χ3n) is 4.90. The van der Waals surface area contributed by atoms with Crippen LogP contribution in [0.4, 0.5) is 0 Å². The summed E-state index contributed by atoms with van der Waals surface area (Å²) < 4.78 is 0. The molecule has 1 fully saturated rings. The molecule has 0 aromatic heterocycles. The van der Waals surface area contributed by atoms with Crippen LogP contribution in [0.25, 0.3) is 0 Å². The van der Waals surface area contributed by atoms with Crippen LogP contribution in [0.5, 0.6) is 0 Å². The van der Waals surface area contributed by atoms with Crippen molar-refractivity contribution in [3.05, 3.63) is 34.9 Å². The van der Waals surface area contributed by atoms with Crippen molar-refractivity contribution in [1.29, 1.82) is 0 Å². The summed E-state index contributed by atoms with van der Waals surface area (Å²) in [4.78, 5) is 37.8. The van der Waals surface area contributed by atoms with Gasteiger partial charge in [-0.2, -0.15) is 0 Å². The zero-order valence-electron chi connectivity index (χ0n) is 15.1. The van der Waals surface area contributed by atoms with Crippen LogP contribution in [-0.4, -0.2) is 48.3 Å². The normalized spacial score (nSPS) is 19.7. The van der Waals surface area contributed by atoms with Crippen LogP contribution in [0.1, 0.15) is 47.7 Å². The van der Waals surface area contributed by atoms with Crippen LogP contribution >= 0.6 is 0 Å². The first-order valence-electron chi connectivity index (χ1n) is 9.28. The number of hydrogen-bond donors (Lipinski definition) is 3. The number of piperidine rings is 1. The van der Waals surface area contributed by atoms with E-state index in [9.17, 15) is 14.4 Å².